The molecule has 0 aromatic carbocycles. The molecule has 2 fully saturated rings. The summed E-state index contributed by atoms with van der Waals surface area (Å²) in [5.41, 5.74) is 0. The van der Waals surface area contributed by atoms with Crippen LogP contribution in [0.1, 0.15) is 32.6 Å². The first-order valence-corrected chi connectivity index (χ1v) is 6.37. The van der Waals surface area contributed by atoms with Crippen LogP contribution in [0, 0.1) is 5.92 Å². The predicted octanol–water partition coefficient (Wildman–Crippen LogP) is 0.923. The monoisotopic (exact) mass is 226 g/mol. The molecule has 1 aliphatic carbocycles. The summed E-state index contributed by atoms with van der Waals surface area (Å²) in [6.45, 7) is 4.70. The van der Waals surface area contributed by atoms with E-state index in [4.69, 9.17) is 0 Å². The van der Waals surface area contributed by atoms with Crippen molar-refractivity contribution in [1.29, 1.82) is 0 Å². The van der Waals surface area contributed by atoms with E-state index >= 15 is 0 Å². The maximum absolute atomic E-state index is 11.2. The van der Waals surface area contributed by atoms with Crippen molar-refractivity contribution in [2.45, 2.75) is 44.7 Å². The molecule has 1 saturated carbocycles. The van der Waals surface area contributed by atoms with E-state index in [2.05, 4.69) is 17.1 Å². The highest BCUT2D eigenvalue weighted by molar-refractivity contribution is 5.74. The second-order valence-electron chi connectivity index (χ2n) is 5.21. The quantitative estimate of drug-likeness (QED) is 0.735. The topological polar surface area (TPSA) is 52.6 Å². The molecule has 0 aromatic heterocycles. The van der Waals surface area contributed by atoms with Crippen LogP contribution in [0.15, 0.2) is 0 Å². The lowest BCUT2D eigenvalue weighted by Crippen LogP contribution is -2.58. The van der Waals surface area contributed by atoms with Gasteiger partial charge < -0.3 is 10.4 Å². The molecule has 1 heterocycles. The van der Waals surface area contributed by atoms with E-state index in [9.17, 15) is 9.90 Å². The minimum absolute atomic E-state index is 0.313. The highest BCUT2D eigenvalue weighted by Crippen LogP contribution is 2.28. The van der Waals surface area contributed by atoms with Gasteiger partial charge in [0.05, 0.1) is 0 Å². The molecule has 92 valence electrons. The Morgan fingerprint density at radius 3 is 2.62 bits per heavy atom. The van der Waals surface area contributed by atoms with Gasteiger partial charge in [-0.2, -0.15) is 0 Å². The van der Waals surface area contributed by atoms with Crippen LogP contribution in [0.2, 0.25) is 0 Å². The number of aliphatic carboxylic acids is 1. The number of carboxylic acid groups (broad SMARTS) is 1. The van der Waals surface area contributed by atoms with Gasteiger partial charge in [0.15, 0.2) is 0 Å². The SMILES string of the molecule is CC1CCC(N2CCNCC2C(=O)O)CC1. The van der Waals surface area contributed by atoms with Crippen LogP contribution >= 0.6 is 0 Å². The Balaban J connectivity index is 1.97. The van der Waals surface area contributed by atoms with Crippen molar-refractivity contribution in [2.24, 2.45) is 5.92 Å². The number of hydrogen-bond acceptors (Lipinski definition) is 3. The molecule has 0 amide bonds. The number of rotatable bonds is 2. The van der Waals surface area contributed by atoms with Gasteiger partial charge in [-0.3, -0.25) is 9.69 Å². The largest absolute Gasteiger partial charge is 0.480 e. The zero-order chi connectivity index (χ0) is 11.5. The van der Waals surface area contributed by atoms with Crippen LogP contribution in [-0.2, 0) is 4.79 Å². The smallest absolute Gasteiger partial charge is 0.322 e. The maximum atomic E-state index is 11.2. The molecule has 0 radical (unpaired) electrons. The first kappa shape index (κ1) is 11.9. The molecular weight excluding hydrogens is 204 g/mol. The predicted molar refractivity (Wildman–Crippen MR) is 62.4 cm³/mol. The summed E-state index contributed by atoms with van der Waals surface area (Å²) in [7, 11) is 0. The van der Waals surface area contributed by atoms with Crippen LogP contribution in [0.5, 0.6) is 0 Å². The second kappa shape index (κ2) is 5.15. The van der Waals surface area contributed by atoms with Crippen LogP contribution in [0.4, 0.5) is 0 Å². The Hall–Kier alpha value is -0.610. The molecule has 0 aromatic rings. The summed E-state index contributed by atoms with van der Waals surface area (Å²) in [6.07, 6.45) is 4.85. The lowest BCUT2D eigenvalue weighted by molar-refractivity contribution is -0.145. The normalized spacial score (nSPS) is 37.2. The van der Waals surface area contributed by atoms with Crippen molar-refractivity contribution in [2.75, 3.05) is 19.6 Å². The number of hydrogen-bond donors (Lipinski definition) is 2. The highest BCUT2D eigenvalue weighted by Gasteiger charge is 2.34. The molecule has 4 nitrogen and oxygen atoms in total. The molecule has 16 heavy (non-hydrogen) atoms. The molecule has 1 unspecified atom stereocenters. The number of nitrogens with zero attached hydrogens (tertiary/aromatic N) is 1. The average molecular weight is 226 g/mol. The van der Waals surface area contributed by atoms with Gasteiger partial charge in [0, 0.05) is 25.7 Å². The van der Waals surface area contributed by atoms with Crippen molar-refractivity contribution < 1.29 is 9.90 Å². The zero-order valence-corrected chi connectivity index (χ0v) is 9.98. The minimum atomic E-state index is -0.675. The van der Waals surface area contributed by atoms with Gasteiger partial charge in [0.2, 0.25) is 0 Å². The number of piperazine rings is 1. The summed E-state index contributed by atoms with van der Waals surface area (Å²) in [6, 6.07) is 0.187. The Morgan fingerprint density at radius 1 is 1.31 bits per heavy atom. The van der Waals surface area contributed by atoms with Gasteiger partial charge in [0.25, 0.3) is 0 Å². The van der Waals surface area contributed by atoms with Crippen molar-refractivity contribution in [3.8, 4) is 0 Å². The van der Waals surface area contributed by atoms with Gasteiger partial charge in [-0.1, -0.05) is 6.92 Å². The number of carboxylic acids is 1. The Labute approximate surface area is 97.0 Å². The fourth-order valence-electron chi connectivity index (χ4n) is 2.96. The molecule has 1 atom stereocenters. The number of carbonyl (C=O) groups is 1. The van der Waals surface area contributed by atoms with E-state index in [0.717, 1.165) is 19.0 Å². The van der Waals surface area contributed by atoms with E-state index in [1.54, 1.807) is 0 Å². The van der Waals surface area contributed by atoms with E-state index in [1.807, 2.05) is 0 Å². The van der Waals surface area contributed by atoms with Crippen LogP contribution < -0.4 is 5.32 Å². The van der Waals surface area contributed by atoms with E-state index in [0.29, 0.717) is 12.6 Å². The van der Waals surface area contributed by atoms with Gasteiger partial charge in [0.1, 0.15) is 6.04 Å². The van der Waals surface area contributed by atoms with Crippen molar-refractivity contribution in [3.05, 3.63) is 0 Å². The Bertz CT molecular complexity index is 249. The van der Waals surface area contributed by atoms with Crippen molar-refractivity contribution in [3.63, 3.8) is 0 Å². The molecular formula is C12H22N2O2. The first-order chi connectivity index (χ1) is 7.68. The van der Waals surface area contributed by atoms with Gasteiger partial charge in [-0.15, -0.1) is 0 Å². The summed E-state index contributed by atoms with van der Waals surface area (Å²) in [5, 5.41) is 12.4. The molecule has 0 bridgehead atoms. The van der Waals surface area contributed by atoms with E-state index < -0.39 is 5.97 Å². The lowest BCUT2D eigenvalue weighted by Gasteiger charge is -2.42. The second-order valence-corrected chi connectivity index (χ2v) is 5.21. The standard InChI is InChI=1S/C12H22N2O2/c1-9-2-4-10(5-3-9)14-7-6-13-8-11(14)12(15)16/h9-11,13H,2-8H2,1H3,(H,15,16). The van der Waals surface area contributed by atoms with Crippen LogP contribution in [-0.4, -0.2) is 47.7 Å². The molecule has 2 rings (SSSR count). The fraction of sp³-hybridized carbons (Fsp3) is 0.917. The van der Waals surface area contributed by atoms with E-state index in [1.165, 1.54) is 25.7 Å². The van der Waals surface area contributed by atoms with Gasteiger partial charge in [-0.25, -0.2) is 0 Å². The van der Waals surface area contributed by atoms with Crippen LogP contribution in [0.25, 0.3) is 0 Å². The third kappa shape index (κ3) is 2.55. The third-order valence-electron chi connectivity index (χ3n) is 4.02. The molecule has 1 aliphatic heterocycles. The summed E-state index contributed by atoms with van der Waals surface area (Å²) >= 11 is 0. The van der Waals surface area contributed by atoms with Gasteiger partial charge in [-0.05, 0) is 31.6 Å². The summed E-state index contributed by atoms with van der Waals surface area (Å²) in [4.78, 5) is 13.4. The molecule has 2 N–H and O–H groups in total. The molecule has 1 saturated heterocycles. The Kier molecular flexibility index (Phi) is 3.82. The first-order valence-electron chi connectivity index (χ1n) is 6.37. The lowest BCUT2D eigenvalue weighted by atomic mass is 9.86. The number of nitrogens with one attached hydrogen (secondary N) is 1. The van der Waals surface area contributed by atoms with Crippen molar-refractivity contribution in [1.82, 2.24) is 10.2 Å². The summed E-state index contributed by atoms with van der Waals surface area (Å²) < 4.78 is 0. The third-order valence-corrected chi connectivity index (χ3v) is 4.02. The molecule has 0 spiro atoms. The molecule has 2 aliphatic rings. The summed E-state index contributed by atoms with van der Waals surface area (Å²) in [5.74, 6) is 0.147. The maximum Gasteiger partial charge on any atom is 0.322 e. The zero-order valence-electron chi connectivity index (χ0n) is 9.98. The van der Waals surface area contributed by atoms with E-state index in [-0.39, 0.29) is 6.04 Å². The van der Waals surface area contributed by atoms with Crippen molar-refractivity contribution >= 4 is 5.97 Å². The van der Waals surface area contributed by atoms with Gasteiger partial charge >= 0.3 is 5.97 Å². The fourth-order valence-corrected chi connectivity index (χ4v) is 2.96. The Morgan fingerprint density at radius 2 is 2.00 bits per heavy atom. The molecule has 4 heteroatoms. The van der Waals surface area contributed by atoms with Crippen LogP contribution in [0.3, 0.4) is 0 Å². The highest BCUT2D eigenvalue weighted by atomic mass is 16.4. The minimum Gasteiger partial charge on any atom is -0.480 e. The average Bonchev–Trinajstić information content (AvgIpc) is 2.30.